The molecule has 0 aliphatic carbocycles. The number of pyridine rings is 9. The maximum absolute atomic E-state index is 5.03. The smallest absolute Gasteiger partial charge is 0.0965 e. The molecule has 0 aliphatic rings. The van der Waals surface area contributed by atoms with Crippen LogP contribution in [0, 0.1) is 0 Å². The quantitative estimate of drug-likeness (QED) is 0.0752. The van der Waals surface area contributed by atoms with Crippen molar-refractivity contribution in [1.82, 2.24) is 44.9 Å². The third-order valence-electron chi connectivity index (χ3n) is 12.4. The SMILES string of the molecule is C/C=C\C.C/C=C\C(=C/C)c1cc(-c2cccc(-c3cc(-c4ccccc4)c4ncccc4n3)n2)nc2cccnc12.CN.NS.c1ccc(-c2cc3cc(-c4cc5cc(-c6ccccc6)ncc5cn4)ncc3cn2)cc1. The first kappa shape index (κ1) is 54.8. The topological polar surface area (TPSA) is 168 Å². The monoisotopic (exact) mass is 1040 g/mol. The predicted molar refractivity (Wildman–Crippen MR) is 328 cm³/mol. The maximum atomic E-state index is 5.03. The van der Waals surface area contributed by atoms with Gasteiger partial charge in [-0.2, -0.15) is 0 Å². The van der Waals surface area contributed by atoms with E-state index in [9.17, 15) is 0 Å². The Morgan fingerprint density at radius 2 is 0.808 bits per heavy atom. The number of benzene rings is 3. The second-order valence-corrected chi connectivity index (χ2v) is 17.2. The van der Waals surface area contributed by atoms with Gasteiger partial charge in [0.2, 0.25) is 0 Å². The molecule has 9 aromatic heterocycles. The highest BCUT2D eigenvalue weighted by Gasteiger charge is 2.16. The molecule has 12 aromatic rings. The van der Waals surface area contributed by atoms with Gasteiger partial charge in [0.15, 0.2) is 0 Å². The van der Waals surface area contributed by atoms with Crippen molar-refractivity contribution in [2.75, 3.05) is 7.05 Å². The molecule has 0 saturated carbocycles. The van der Waals surface area contributed by atoms with Crippen LogP contribution in [-0.4, -0.2) is 51.9 Å². The van der Waals surface area contributed by atoms with E-state index in [0.717, 1.165) is 123 Å². The van der Waals surface area contributed by atoms with Gasteiger partial charge in [0.1, 0.15) is 0 Å². The lowest BCUT2D eigenvalue weighted by Gasteiger charge is -2.12. The summed E-state index contributed by atoms with van der Waals surface area (Å²) in [6, 6.07) is 57.0. The first-order valence-electron chi connectivity index (χ1n) is 25.4. The average Bonchev–Trinajstić information content (AvgIpc) is 3.61. The summed E-state index contributed by atoms with van der Waals surface area (Å²) in [6.45, 7) is 8.05. The van der Waals surface area contributed by atoms with Crippen LogP contribution in [0.4, 0.5) is 0 Å². The number of rotatable bonds is 8. The Bertz CT molecular complexity index is 3890. The first-order chi connectivity index (χ1) is 38.5. The van der Waals surface area contributed by atoms with Gasteiger partial charge < -0.3 is 5.73 Å². The molecule has 0 unspecified atom stereocenters. The zero-order chi connectivity index (χ0) is 54.6. The summed E-state index contributed by atoms with van der Waals surface area (Å²) in [5.74, 6) is 0. The standard InChI is InChI=1S/C33H25N5.C28H18N4.C4H8.CH5N.H3NS/c1-3-11-22(4-2)24-20-30(37-28-16-9-18-34-32(24)28)26-14-8-15-27(36-26)31-21-25(23-12-6-5-7-13-23)33-29(38-31)17-10-19-35-33;1-3-7-19(8-4-1)25-11-21-13-27(31-17-23(21)15-29-25)28-14-22-12-26(20-9-5-2-6-10-20)30-16-24(22)18-32-28;1-3-4-2;2*1-2/h3-21H,1-2H3;1-18H;3-4H,1-2H3;2H2,1H3;2H,1H2/b11-3-,22-4+;;4-3-;;. The van der Waals surface area contributed by atoms with Gasteiger partial charge in [0.05, 0.1) is 67.6 Å². The van der Waals surface area contributed by atoms with Gasteiger partial charge in [-0.05, 0) is 129 Å². The van der Waals surface area contributed by atoms with E-state index >= 15 is 0 Å². The summed E-state index contributed by atoms with van der Waals surface area (Å²) in [7, 11) is 1.50. The fourth-order valence-corrected chi connectivity index (χ4v) is 8.57. The number of hydrogen-bond acceptors (Lipinski definition) is 12. The predicted octanol–water partition coefficient (Wildman–Crippen LogP) is 15.5. The summed E-state index contributed by atoms with van der Waals surface area (Å²) in [5.41, 5.74) is 21.0. The normalized spacial score (nSPS) is 11.1. The summed E-state index contributed by atoms with van der Waals surface area (Å²) in [4.78, 5) is 42.6. The Kier molecular flexibility index (Phi) is 19.2. The first-order valence-corrected chi connectivity index (χ1v) is 25.9. The molecular weight excluding hydrogens is 979 g/mol. The molecule has 4 N–H and O–H groups in total. The van der Waals surface area contributed by atoms with E-state index in [0.29, 0.717) is 0 Å². The molecule has 12 rings (SSSR count). The Morgan fingerprint density at radius 1 is 0.372 bits per heavy atom. The Labute approximate surface area is 460 Å². The number of allylic oxidation sites excluding steroid dienone is 6. The molecule has 0 aliphatic heterocycles. The van der Waals surface area contributed by atoms with Gasteiger partial charge in [0.25, 0.3) is 0 Å². The molecule has 384 valence electrons. The van der Waals surface area contributed by atoms with Crippen LogP contribution in [0.3, 0.4) is 0 Å². The van der Waals surface area contributed by atoms with Crippen molar-refractivity contribution in [2.45, 2.75) is 27.7 Å². The number of fused-ring (bicyclic) bond motifs is 4. The highest BCUT2D eigenvalue weighted by atomic mass is 32.1. The fraction of sp³-hybridized carbons (Fsp3) is 0.0758. The zero-order valence-corrected chi connectivity index (χ0v) is 45.0. The van der Waals surface area contributed by atoms with Crippen LogP contribution in [0.15, 0.2) is 237 Å². The van der Waals surface area contributed by atoms with Crippen LogP contribution in [0.1, 0.15) is 33.3 Å². The van der Waals surface area contributed by atoms with E-state index in [-0.39, 0.29) is 0 Å². The summed E-state index contributed by atoms with van der Waals surface area (Å²) >= 11 is 3.03. The maximum Gasteiger partial charge on any atom is 0.0965 e. The van der Waals surface area contributed by atoms with Crippen molar-refractivity contribution in [3.63, 3.8) is 0 Å². The van der Waals surface area contributed by atoms with Crippen molar-refractivity contribution < 1.29 is 0 Å². The molecule has 0 atom stereocenters. The van der Waals surface area contributed by atoms with Gasteiger partial charge >= 0.3 is 0 Å². The number of aromatic nitrogens is 9. The third-order valence-corrected chi connectivity index (χ3v) is 12.4. The second kappa shape index (κ2) is 27.4. The molecule has 0 saturated heterocycles. The van der Waals surface area contributed by atoms with Crippen LogP contribution in [-0.2, 0) is 0 Å². The van der Waals surface area contributed by atoms with Gasteiger partial charge in [-0.3, -0.25) is 35.0 Å². The summed E-state index contributed by atoms with van der Waals surface area (Å²) in [6.07, 6.45) is 21.3. The van der Waals surface area contributed by atoms with Crippen LogP contribution in [0.5, 0.6) is 0 Å². The van der Waals surface area contributed by atoms with Crippen molar-refractivity contribution >= 4 is 62.0 Å². The molecule has 78 heavy (non-hydrogen) atoms. The van der Waals surface area contributed by atoms with Crippen LogP contribution >= 0.6 is 12.8 Å². The van der Waals surface area contributed by atoms with E-state index in [1.807, 2.05) is 168 Å². The molecule has 3 aromatic carbocycles. The van der Waals surface area contributed by atoms with Gasteiger partial charge in [-0.1, -0.05) is 127 Å². The number of thiol groups is 1. The van der Waals surface area contributed by atoms with Gasteiger partial charge in [-0.15, -0.1) is 12.8 Å². The Balaban J connectivity index is 0.000000184. The summed E-state index contributed by atoms with van der Waals surface area (Å²) < 4.78 is 0. The fourth-order valence-electron chi connectivity index (χ4n) is 8.57. The van der Waals surface area contributed by atoms with E-state index in [4.69, 9.17) is 15.0 Å². The minimum atomic E-state index is 0.778. The van der Waals surface area contributed by atoms with E-state index in [1.165, 1.54) is 7.05 Å². The van der Waals surface area contributed by atoms with Gasteiger partial charge in [0, 0.05) is 70.2 Å². The zero-order valence-electron chi connectivity index (χ0n) is 44.1. The molecular formula is C66H59N11S. The van der Waals surface area contributed by atoms with E-state index in [1.54, 1.807) is 12.4 Å². The van der Waals surface area contributed by atoms with Crippen LogP contribution in [0.25, 0.3) is 117 Å². The highest BCUT2D eigenvalue weighted by Crippen LogP contribution is 2.33. The summed E-state index contributed by atoms with van der Waals surface area (Å²) in [5, 5.41) is 8.38. The Hall–Kier alpha value is -9.46. The average molecular weight is 1040 g/mol. The number of hydrogen-bond donors (Lipinski definition) is 3. The van der Waals surface area contributed by atoms with Crippen molar-refractivity contribution in [1.29, 1.82) is 0 Å². The largest absolute Gasteiger partial charge is 0.333 e. The minimum Gasteiger partial charge on any atom is -0.333 e. The molecule has 11 nitrogen and oxygen atoms in total. The van der Waals surface area contributed by atoms with Crippen LogP contribution < -0.4 is 10.9 Å². The number of nitrogens with two attached hydrogens (primary N) is 2. The van der Waals surface area contributed by atoms with Gasteiger partial charge in [-0.25, -0.2) is 15.0 Å². The molecule has 0 amide bonds. The lowest BCUT2D eigenvalue weighted by atomic mass is 10.0. The van der Waals surface area contributed by atoms with Crippen molar-refractivity contribution in [3.8, 4) is 67.8 Å². The highest BCUT2D eigenvalue weighted by molar-refractivity contribution is 7.77. The number of nitrogens with zero attached hydrogens (tertiary/aromatic N) is 9. The molecule has 0 radical (unpaired) electrons. The second-order valence-electron chi connectivity index (χ2n) is 17.2. The van der Waals surface area contributed by atoms with Crippen molar-refractivity contribution in [2.24, 2.45) is 10.9 Å². The lowest BCUT2D eigenvalue weighted by molar-refractivity contribution is 1.24. The van der Waals surface area contributed by atoms with E-state index in [2.05, 4.69) is 139 Å². The van der Waals surface area contributed by atoms with Crippen molar-refractivity contribution in [3.05, 3.63) is 243 Å². The van der Waals surface area contributed by atoms with E-state index < -0.39 is 0 Å². The molecule has 0 spiro atoms. The molecule has 0 fully saturated rings. The lowest BCUT2D eigenvalue weighted by Crippen LogP contribution is -1.97. The molecule has 9 heterocycles. The third kappa shape index (κ3) is 13.0. The minimum absolute atomic E-state index is 0.778. The Morgan fingerprint density at radius 3 is 1.28 bits per heavy atom. The molecule has 0 bridgehead atoms. The molecule has 12 heteroatoms. The van der Waals surface area contributed by atoms with Crippen LogP contribution in [0.2, 0.25) is 0 Å².